The number of hydrogen-bond acceptors (Lipinski definition) is 5. The molecule has 0 fully saturated rings. The summed E-state index contributed by atoms with van der Waals surface area (Å²) < 4.78 is 7.27. The van der Waals surface area contributed by atoms with Crippen LogP contribution in [0.1, 0.15) is 27.3 Å². The molecule has 0 radical (unpaired) electrons. The lowest BCUT2D eigenvalue weighted by Gasteiger charge is -2.11. The van der Waals surface area contributed by atoms with E-state index >= 15 is 0 Å². The molecule has 6 nitrogen and oxygen atoms in total. The number of carbonyl (C=O) groups excluding carboxylic acids is 1. The van der Waals surface area contributed by atoms with Gasteiger partial charge in [0.15, 0.2) is 11.0 Å². The van der Waals surface area contributed by atoms with Crippen molar-refractivity contribution in [1.29, 1.82) is 0 Å². The molecule has 0 aliphatic heterocycles. The van der Waals surface area contributed by atoms with Gasteiger partial charge in [-0.25, -0.2) is 0 Å². The molecule has 4 rings (SSSR count). The molecule has 1 amide bonds. The number of aryl methyl sites for hydroxylation is 1. The number of aromatic nitrogens is 3. The van der Waals surface area contributed by atoms with E-state index in [-0.39, 0.29) is 5.91 Å². The number of hydrogen-bond donors (Lipinski definition) is 1. The van der Waals surface area contributed by atoms with Crippen molar-refractivity contribution in [3.05, 3.63) is 107 Å². The second-order valence-corrected chi connectivity index (χ2v) is 8.41. The number of ether oxygens (including phenoxy) is 1. The quantitative estimate of drug-likeness (QED) is 0.347. The summed E-state index contributed by atoms with van der Waals surface area (Å²) >= 11 is 1.65. The SMILES string of the molecule is COc1ccc(C(=O)NCc2nnc(SCc3ccccc3)n2CCc2ccccc2)cc1. The molecule has 1 aromatic heterocycles. The highest BCUT2D eigenvalue weighted by atomic mass is 32.2. The summed E-state index contributed by atoms with van der Waals surface area (Å²) in [5.41, 5.74) is 3.05. The van der Waals surface area contributed by atoms with Crippen LogP contribution in [0.25, 0.3) is 0 Å². The highest BCUT2D eigenvalue weighted by Crippen LogP contribution is 2.22. The Labute approximate surface area is 198 Å². The Morgan fingerprint density at radius 3 is 2.24 bits per heavy atom. The first-order chi connectivity index (χ1) is 16.2. The Morgan fingerprint density at radius 2 is 1.58 bits per heavy atom. The molecule has 0 unspecified atom stereocenters. The summed E-state index contributed by atoms with van der Waals surface area (Å²) in [5, 5.41) is 12.6. The number of benzene rings is 3. The third-order valence-electron chi connectivity index (χ3n) is 5.23. The summed E-state index contributed by atoms with van der Waals surface area (Å²) in [5.74, 6) is 2.10. The number of carbonyl (C=O) groups is 1. The monoisotopic (exact) mass is 458 g/mol. The number of methoxy groups -OCH3 is 1. The van der Waals surface area contributed by atoms with Crippen LogP contribution >= 0.6 is 11.8 Å². The van der Waals surface area contributed by atoms with Crippen molar-refractivity contribution in [1.82, 2.24) is 20.1 Å². The van der Waals surface area contributed by atoms with Gasteiger partial charge < -0.3 is 14.6 Å². The Morgan fingerprint density at radius 1 is 0.909 bits per heavy atom. The lowest BCUT2D eigenvalue weighted by atomic mass is 10.1. The third kappa shape index (κ3) is 6.23. The molecular weight excluding hydrogens is 432 g/mol. The summed E-state index contributed by atoms with van der Waals surface area (Å²) in [6.07, 6.45) is 0.858. The Bertz CT molecular complexity index is 1160. The van der Waals surface area contributed by atoms with Crippen LogP contribution in [0.15, 0.2) is 90.1 Å². The minimum Gasteiger partial charge on any atom is -0.497 e. The zero-order chi connectivity index (χ0) is 22.9. The molecule has 0 atom stereocenters. The largest absolute Gasteiger partial charge is 0.497 e. The van der Waals surface area contributed by atoms with Crippen LogP contribution in [0.2, 0.25) is 0 Å². The lowest BCUT2D eigenvalue weighted by Crippen LogP contribution is -2.25. The van der Waals surface area contributed by atoms with Crippen LogP contribution in [0.4, 0.5) is 0 Å². The van der Waals surface area contributed by atoms with Gasteiger partial charge in [-0.2, -0.15) is 0 Å². The zero-order valence-electron chi connectivity index (χ0n) is 18.5. The van der Waals surface area contributed by atoms with E-state index in [9.17, 15) is 4.79 Å². The topological polar surface area (TPSA) is 69.0 Å². The van der Waals surface area contributed by atoms with Crippen molar-refractivity contribution in [3.8, 4) is 5.75 Å². The Hall–Kier alpha value is -3.58. The van der Waals surface area contributed by atoms with Gasteiger partial charge in [-0.3, -0.25) is 4.79 Å². The van der Waals surface area contributed by atoms with Gasteiger partial charge in [-0.1, -0.05) is 72.4 Å². The van der Waals surface area contributed by atoms with E-state index in [4.69, 9.17) is 4.74 Å². The van der Waals surface area contributed by atoms with Crippen LogP contribution in [0.5, 0.6) is 5.75 Å². The fraction of sp³-hybridized carbons (Fsp3) is 0.192. The molecule has 0 spiro atoms. The first kappa shape index (κ1) is 22.6. The molecule has 168 valence electrons. The summed E-state index contributed by atoms with van der Waals surface area (Å²) in [4.78, 5) is 12.6. The molecule has 0 saturated heterocycles. The molecule has 33 heavy (non-hydrogen) atoms. The third-order valence-corrected chi connectivity index (χ3v) is 6.27. The number of amides is 1. The van der Waals surface area contributed by atoms with E-state index in [0.717, 1.165) is 29.7 Å². The van der Waals surface area contributed by atoms with E-state index in [1.165, 1.54) is 11.1 Å². The second-order valence-electron chi connectivity index (χ2n) is 7.47. The minimum absolute atomic E-state index is 0.159. The fourth-order valence-electron chi connectivity index (χ4n) is 3.39. The molecule has 4 aromatic rings. The van der Waals surface area contributed by atoms with E-state index < -0.39 is 0 Å². The maximum absolute atomic E-state index is 12.6. The van der Waals surface area contributed by atoms with Crippen molar-refractivity contribution in [3.63, 3.8) is 0 Å². The van der Waals surface area contributed by atoms with Crippen molar-refractivity contribution in [2.45, 2.75) is 30.4 Å². The predicted molar refractivity (Wildman–Crippen MR) is 130 cm³/mol. The van der Waals surface area contributed by atoms with Gasteiger partial charge in [0.1, 0.15) is 5.75 Å². The number of nitrogens with one attached hydrogen (secondary N) is 1. The van der Waals surface area contributed by atoms with Gasteiger partial charge in [0.25, 0.3) is 5.91 Å². The molecule has 3 aromatic carbocycles. The molecule has 0 bridgehead atoms. The summed E-state index contributed by atoms with van der Waals surface area (Å²) in [6, 6.07) is 27.7. The van der Waals surface area contributed by atoms with Crippen LogP contribution in [0.3, 0.4) is 0 Å². The molecular formula is C26H26N4O2S. The standard InChI is InChI=1S/C26H26N4O2S/c1-32-23-14-12-22(13-15-23)25(31)27-18-24-28-29-26(33-19-21-10-6-3-7-11-21)30(24)17-16-20-8-4-2-5-9-20/h2-15H,16-19H2,1H3,(H,27,31). The maximum atomic E-state index is 12.6. The van der Waals surface area contributed by atoms with Crippen molar-refractivity contribution in [2.75, 3.05) is 7.11 Å². The number of rotatable bonds is 10. The number of thioether (sulfide) groups is 1. The van der Waals surface area contributed by atoms with Gasteiger partial charge in [0.2, 0.25) is 0 Å². The van der Waals surface area contributed by atoms with Crippen molar-refractivity contribution < 1.29 is 9.53 Å². The summed E-state index contributed by atoms with van der Waals surface area (Å²) in [6.45, 7) is 1.04. The van der Waals surface area contributed by atoms with Crippen molar-refractivity contribution >= 4 is 17.7 Å². The van der Waals surface area contributed by atoms with E-state index in [1.54, 1.807) is 43.1 Å². The average molecular weight is 459 g/mol. The van der Waals surface area contributed by atoms with Crippen LogP contribution in [-0.2, 0) is 25.3 Å². The molecule has 0 saturated carbocycles. The maximum Gasteiger partial charge on any atom is 0.251 e. The minimum atomic E-state index is -0.159. The Kier molecular flexibility index (Phi) is 7.76. The van der Waals surface area contributed by atoms with Crippen LogP contribution in [-0.4, -0.2) is 27.8 Å². The first-order valence-electron chi connectivity index (χ1n) is 10.8. The fourth-order valence-corrected chi connectivity index (χ4v) is 4.33. The molecule has 0 aliphatic carbocycles. The zero-order valence-corrected chi connectivity index (χ0v) is 19.3. The lowest BCUT2D eigenvalue weighted by molar-refractivity contribution is 0.0949. The smallest absolute Gasteiger partial charge is 0.251 e. The normalized spacial score (nSPS) is 10.7. The highest BCUT2D eigenvalue weighted by Gasteiger charge is 2.15. The predicted octanol–water partition coefficient (Wildman–Crippen LogP) is 4.75. The van der Waals surface area contributed by atoms with Gasteiger partial charge in [-0.05, 0) is 41.8 Å². The van der Waals surface area contributed by atoms with Gasteiger partial charge in [0, 0.05) is 17.9 Å². The van der Waals surface area contributed by atoms with Crippen LogP contribution < -0.4 is 10.1 Å². The van der Waals surface area contributed by atoms with Gasteiger partial charge in [0.05, 0.1) is 13.7 Å². The van der Waals surface area contributed by atoms with E-state index in [0.29, 0.717) is 17.9 Å². The van der Waals surface area contributed by atoms with Gasteiger partial charge in [-0.15, -0.1) is 10.2 Å². The average Bonchev–Trinajstić information content (AvgIpc) is 3.27. The van der Waals surface area contributed by atoms with E-state index in [2.05, 4.69) is 44.3 Å². The second kappa shape index (κ2) is 11.3. The molecule has 1 N–H and O–H groups in total. The first-order valence-corrected chi connectivity index (χ1v) is 11.8. The summed E-state index contributed by atoms with van der Waals surface area (Å²) in [7, 11) is 1.60. The van der Waals surface area contributed by atoms with E-state index in [1.807, 2.05) is 36.4 Å². The molecule has 7 heteroatoms. The van der Waals surface area contributed by atoms with Crippen molar-refractivity contribution in [2.24, 2.45) is 0 Å². The highest BCUT2D eigenvalue weighted by molar-refractivity contribution is 7.98. The van der Waals surface area contributed by atoms with Gasteiger partial charge >= 0.3 is 0 Å². The number of nitrogens with zero attached hydrogens (tertiary/aromatic N) is 3. The molecule has 0 aliphatic rings. The molecule has 1 heterocycles. The van der Waals surface area contributed by atoms with Crippen LogP contribution in [0, 0.1) is 0 Å². The Balaban J connectivity index is 1.46.